The molecule has 2 rings (SSSR count). The first-order valence-corrected chi connectivity index (χ1v) is 24.4. The molecule has 2 aromatic rings. The zero-order valence-corrected chi connectivity index (χ0v) is 29.0. The fourth-order valence-corrected chi connectivity index (χ4v) is 18.6. The van der Waals surface area contributed by atoms with Crippen LogP contribution in [-0.2, 0) is 18.7 Å². The summed E-state index contributed by atoms with van der Waals surface area (Å²) in [5, 5.41) is 1.54. The third-order valence-corrected chi connectivity index (χ3v) is 28.7. The third-order valence-electron chi connectivity index (χ3n) is 8.99. The van der Waals surface area contributed by atoms with Crippen LogP contribution in [0, 0.1) is 58.2 Å². The van der Waals surface area contributed by atoms with Crippen LogP contribution in [0.4, 0.5) is 43.9 Å². The molecule has 238 valence electrons. The van der Waals surface area contributed by atoms with Crippen molar-refractivity contribution in [2.45, 2.75) is 98.1 Å². The molecule has 0 radical (unpaired) electrons. The van der Waals surface area contributed by atoms with Crippen LogP contribution in [0.1, 0.15) is 66.5 Å². The minimum atomic E-state index is -3.94. The molecule has 2 atom stereocenters. The van der Waals surface area contributed by atoms with Gasteiger partial charge in [-0.25, -0.2) is 0 Å². The second-order valence-electron chi connectivity index (χ2n) is 10.6. The molecule has 0 N–H and O–H groups in total. The second kappa shape index (κ2) is 13.4. The number of benzene rings is 2. The van der Waals surface area contributed by atoms with Crippen LogP contribution in [0.2, 0.25) is 31.5 Å². The molecular formula is C28H36F10Ge2O2. The fraction of sp³-hybridized carbons (Fsp3) is 0.571. The summed E-state index contributed by atoms with van der Waals surface area (Å²) in [5.41, 5.74) is -9.16. The van der Waals surface area contributed by atoms with Crippen molar-refractivity contribution in [1.82, 2.24) is 0 Å². The van der Waals surface area contributed by atoms with Crippen LogP contribution >= 0.6 is 0 Å². The molecule has 0 saturated heterocycles. The van der Waals surface area contributed by atoms with Crippen LogP contribution in [0.25, 0.3) is 0 Å². The molecule has 0 aliphatic heterocycles. The van der Waals surface area contributed by atoms with E-state index >= 15 is 17.6 Å². The van der Waals surface area contributed by atoms with E-state index in [1.54, 1.807) is 41.5 Å². The SMILES string of the molecule is C[CH2][Ge]([CH2]C)([CH2]C)[O]C(C)(c1c(F)c(F)c(F)c(F)c1F)C(C)([O][Ge]([CH2]C)([CH2]C)[CH2]C)c1c(F)c(F)c(F)c(F)c1F. The Hall–Kier alpha value is -1.25. The minimum absolute atomic E-state index is 0.257. The standard InChI is InChI=1S/C28H36F10Ge2O2/c1-9-39(10-2,11-3)41-27(7,15-17(29)21(33)25(37)22(34)18(15)30)28(8,42-40(12-4,13-5)14-6)16-19(31)23(35)26(38)24(36)20(16)32/h9-14H2,1-8H3. The Morgan fingerprint density at radius 2 is 0.548 bits per heavy atom. The molecule has 0 aliphatic rings. The first-order valence-electron chi connectivity index (χ1n) is 13.8. The quantitative estimate of drug-likeness (QED) is 0.0882. The summed E-state index contributed by atoms with van der Waals surface area (Å²) in [7, 11) is 0. The summed E-state index contributed by atoms with van der Waals surface area (Å²) in [5.74, 6) is -23.9. The summed E-state index contributed by atoms with van der Waals surface area (Å²) in [6.45, 7) is 11.7. The molecular weight excluding hydrogens is 704 g/mol. The molecule has 0 heterocycles. The van der Waals surface area contributed by atoms with E-state index in [-0.39, 0.29) is 31.5 Å². The topological polar surface area (TPSA) is 18.5 Å². The van der Waals surface area contributed by atoms with Crippen molar-refractivity contribution in [1.29, 1.82) is 0 Å². The third kappa shape index (κ3) is 5.78. The van der Waals surface area contributed by atoms with Crippen molar-refractivity contribution in [3.63, 3.8) is 0 Å². The molecule has 0 fully saturated rings. The summed E-state index contributed by atoms with van der Waals surface area (Å²) >= 11 is -7.88. The predicted octanol–water partition coefficient (Wildman–Crippen LogP) is 10.3. The van der Waals surface area contributed by atoms with Crippen molar-refractivity contribution in [3.8, 4) is 0 Å². The van der Waals surface area contributed by atoms with Gasteiger partial charge in [-0.1, -0.05) is 0 Å². The summed E-state index contributed by atoms with van der Waals surface area (Å²) in [6, 6.07) is 0. The Morgan fingerprint density at radius 3 is 0.714 bits per heavy atom. The molecule has 42 heavy (non-hydrogen) atoms. The van der Waals surface area contributed by atoms with Gasteiger partial charge in [0.15, 0.2) is 0 Å². The van der Waals surface area contributed by atoms with Crippen LogP contribution in [0.15, 0.2) is 0 Å². The summed E-state index contributed by atoms with van der Waals surface area (Å²) < 4.78 is 163. The second-order valence-corrected chi connectivity index (χ2v) is 30.3. The number of hydrogen-bond donors (Lipinski definition) is 0. The van der Waals surface area contributed by atoms with Crippen LogP contribution < -0.4 is 0 Å². The van der Waals surface area contributed by atoms with Gasteiger partial charge in [-0.3, -0.25) is 0 Å². The average Bonchev–Trinajstić information content (AvgIpc) is 2.98. The zero-order chi connectivity index (χ0) is 32.6. The van der Waals surface area contributed by atoms with E-state index in [9.17, 15) is 26.3 Å². The molecule has 2 unspecified atom stereocenters. The van der Waals surface area contributed by atoms with E-state index < -0.39 is 108 Å². The zero-order valence-electron chi connectivity index (χ0n) is 24.8. The molecule has 2 aromatic carbocycles. The normalized spacial score (nSPS) is 15.6. The van der Waals surface area contributed by atoms with Gasteiger partial charge in [0.05, 0.1) is 0 Å². The molecule has 0 bridgehead atoms. The van der Waals surface area contributed by atoms with Gasteiger partial charge in [-0.2, -0.15) is 0 Å². The van der Waals surface area contributed by atoms with Gasteiger partial charge in [-0.05, 0) is 0 Å². The van der Waals surface area contributed by atoms with Crippen LogP contribution in [0.3, 0.4) is 0 Å². The monoisotopic (exact) mass is 742 g/mol. The molecule has 0 aliphatic carbocycles. The van der Waals surface area contributed by atoms with Crippen LogP contribution in [0.5, 0.6) is 0 Å². The Morgan fingerprint density at radius 1 is 0.381 bits per heavy atom. The van der Waals surface area contributed by atoms with Gasteiger partial charge in [0.2, 0.25) is 0 Å². The van der Waals surface area contributed by atoms with E-state index in [2.05, 4.69) is 0 Å². The summed E-state index contributed by atoms with van der Waals surface area (Å²) in [4.78, 5) is 0. The molecule has 0 aromatic heterocycles. The predicted molar refractivity (Wildman–Crippen MR) is 144 cm³/mol. The number of rotatable bonds is 13. The molecule has 0 saturated carbocycles. The summed E-state index contributed by atoms with van der Waals surface area (Å²) in [6.07, 6.45) is 0. The van der Waals surface area contributed by atoms with Gasteiger partial charge in [-0.15, -0.1) is 0 Å². The van der Waals surface area contributed by atoms with Crippen molar-refractivity contribution in [2.24, 2.45) is 0 Å². The van der Waals surface area contributed by atoms with E-state index in [1.807, 2.05) is 0 Å². The maximum atomic E-state index is 15.7. The van der Waals surface area contributed by atoms with Crippen molar-refractivity contribution in [3.05, 3.63) is 69.3 Å². The number of halogens is 10. The van der Waals surface area contributed by atoms with Crippen molar-refractivity contribution < 1.29 is 51.4 Å². The Balaban J connectivity index is 3.39. The van der Waals surface area contributed by atoms with Gasteiger partial charge in [0.25, 0.3) is 0 Å². The first-order chi connectivity index (χ1) is 19.4. The van der Waals surface area contributed by atoms with E-state index in [1.165, 1.54) is 0 Å². The van der Waals surface area contributed by atoms with Crippen LogP contribution in [-0.4, -0.2) is 27.2 Å². The van der Waals surface area contributed by atoms with Crippen molar-refractivity contribution in [2.75, 3.05) is 0 Å². The average molecular weight is 740 g/mol. The molecule has 0 amide bonds. The maximum absolute atomic E-state index is 15.7. The van der Waals surface area contributed by atoms with Gasteiger partial charge < -0.3 is 0 Å². The molecule has 0 spiro atoms. The van der Waals surface area contributed by atoms with Gasteiger partial charge >= 0.3 is 246 Å². The van der Waals surface area contributed by atoms with E-state index in [0.29, 0.717) is 0 Å². The Bertz CT molecular complexity index is 1140. The van der Waals surface area contributed by atoms with Crippen molar-refractivity contribution >= 4 is 27.2 Å². The van der Waals surface area contributed by atoms with E-state index in [4.69, 9.17) is 7.53 Å². The molecule has 2 nitrogen and oxygen atoms in total. The van der Waals surface area contributed by atoms with Gasteiger partial charge in [0, 0.05) is 0 Å². The fourth-order valence-electron chi connectivity index (χ4n) is 5.62. The Kier molecular flexibility index (Phi) is 11.8. The molecule has 14 heteroatoms. The van der Waals surface area contributed by atoms with E-state index in [0.717, 1.165) is 13.8 Å². The van der Waals surface area contributed by atoms with Gasteiger partial charge in [0.1, 0.15) is 0 Å². The first kappa shape index (κ1) is 36.9. The number of hydrogen-bond acceptors (Lipinski definition) is 2. The Labute approximate surface area is 245 Å².